The molecule has 0 aliphatic rings. The van der Waals surface area contributed by atoms with E-state index in [0.29, 0.717) is 17.3 Å². The Bertz CT molecular complexity index is 599. The largest absolute Gasteiger partial charge is 0.481 e. The van der Waals surface area contributed by atoms with Gasteiger partial charge in [-0.15, -0.1) is 0 Å². The third-order valence-electron chi connectivity index (χ3n) is 2.30. The van der Waals surface area contributed by atoms with E-state index in [0.717, 1.165) is 0 Å². The molecule has 8 heteroatoms. The first kappa shape index (κ1) is 14.4. The van der Waals surface area contributed by atoms with Crippen LogP contribution in [0.15, 0.2) is 30.7 Å². The summed E-state index contributed by atoms with van der Waals surface area (Å²) in [6.45, 7) is 0. The van der Waals surface area contributed by atoms with E-state index < -0.39 is 6.03 Å². The number of aromatic nitrogens is 2. The second-order valence-electron chi connectivity index (χ2n) is 3.65. The van der Waals surface area contributed by atoms with Crippen molar-refractivity contribution in [2.45, 2.75) is 0 Å². The molecule has 0 aliphatic carbocycles. The number of urea groups is 1. The van der Waals surface area contributed by atoms with Gasteiger partial charge in [0.05, 0.1) is 34.7 Å². The van der Waals surface area contributed by atoms with Crippen LogP contribution in [-0.2, 0) is 0 Å². The molecular formula is C12H10Cl2N4O2. The van der Waals surface area contributed by atoms with Gasteiger partial charge in [-0.25, -0.2) is 9.78 Å². The molecule has 2 N–H and O–H groups in total. The number of nitrogens with zero attached hydrogens (tertiary/aromatic N) is 2. The van der Waals surface area contributed by atoms with Crippen LogP contribution < -0.4 is 15.4 Å². The van der Waals surface area contributed by atoms with Gasteiger partial charge in [0.1, 0.15) is 0 Å². The van der Waals surface area contributed by atoms with Gasteiger partial charge in [-0.2, -0.15) is 0 Å². The number of carbonyl (C=O) groups excluding carboxylic acids is 1. The summed E-state index contributed by atoms with van der Waals surface area (Å²) < 4.78 is 4.92. The molecule has 20 heavy (non-hydrogen) atoms. The Morgan fingerprint density at radius 3 is 2.40 bits per heavy atom. The van der Waals surface area contributed by atoms with E-state index in [4.69, 9.17) is 27.9 Å². The molecule has 0 fully saturated rings. The Morgan fingerprint density at radius 2 is 1.85 bits per heavy atom. The van der Waals surface area contributed by atoms with Gasteiger partial charge in [-0.05, 0) is 6.07 Å². The maximum Gasteiger partial charge on any atom is 0.323 e. The number of carbonyl (C=O) groups is 1. The summed E-state index contributed by atoms with van der Waals surface area (Å²) in [5, 5.41) is 5.63. The first-order chi connectivity index (χ1) is 9.60. The molecule has 104 valence electrons. The Hall–Kier alpha value is -2.05. The lowest BCUT2D eigenvalue weighted by Gasteiger charge is -2.10. The molecule has 0 aliphatic heterocycles. The lowest BCUT2D eigenvalue weighted by atomic mass is 10.4. The van der Waals surface area contributed by atoms with Crippen LogP contribution in [0.25, 0.3) is 0 Å². The van der Waals surface area contributed by atoms with E-state index in [1.165, 1.54) is 25.7 Å². The maximum atomic E-state index is 11.8. The number of ether oxygens (including phenoxy) is 1. The fraction of sp³-hybridized carbons (Fsp3) is 0.0833. The van der Waals surface area contributed by atoms with Crippen molar-refractivity contribution in [3.63, 3.8) is 0 Å². The summed E-state index contributed by atoms with van der Waals surface area (Å²) >= 11 is 11.8. The summed E-state index contributed by atoms with van der Waals surface area (Å²) in [5.41, 5.74) is 0.798. The van der Waals surface area contributed by atoms with Crippen LogP contribution >= 0.6 is 23.2 Å². The smallest absolute Gasteiger partial charge is 0.323 e. The Labute approximate surface area is 125 Å². The highest BCUT2D eigenvalue weighted by Crippen LogP contribution is 2.28. The van der Waals surface area contributed by atoms with Crippen molar-refractivity contribution in [1.29, 1.82) is 0 Å². The molecular weight excluding hydrogens is 303 g/mol. The number of hydrogen-bond donors (Lipinski definition) is 2. The Balaban J connectivity index is 2.05. The van der Waals surface area contributed by atoms with Crippen LogP contribution in [0.5, 0.6) is 5.88 Å². The summed E-state index contributed by atoms with van der Waals surface area (Å²) in [5.74, 6) is 0.455. The minimum atomic E-state index is -0.494. The molecule has 0 saturated carbocycles. The Morgan fingerprint density at radius 1 is 1.15 bits per heavy atom. The molecule has 2 heterocycles. The summed E-state index contributed by atoms with van der Waals surface area (Å²) in [4.78, 5) is 19.6. The third-order valence-corrected chi connectivity index (χ3v) is 2.87. The zero-order chi connectivity index (χ0) is 14.5. The van der Waals surface area contributed by atoms with Crippen molar-refractivity contribution in [3.05, 3.63) is 40.8 Å². The van der Waals surface area contributed by atoms with E-state index in [9.17, 15) is 4.79 Å². The van der Waals surface area contributed by atoms with Crippen LogP contribution in [0.2, 0.25) is 10.0 Å². The molecule has 6 nitrogen and oxygen atoms in total. The fourth-order valence-corrected chi connectivity index (χ4v) is 1.84. The molecule has 0 atom stereocenters. The molecule has 2 aromatic heterocycles. The van der Waals surface area contributed by atoms with Crippen molar-refractivity contribution in [3.8, 4) is 5.88 Å². The second kappa shape index (κ2) is 6.40. The summed E-state index contributed by atoms with van der Waals surface area (Å²) in [6, 6.07) is 2.79. The van der Waals surface area contributed by atoms with Crippen LogP contribution in [0, 0.1) is 0 Å². The highest BCUT2D eigenvalue weighted by molar-refractivity contribution is 6.39. The van der Waals surface area contributed by atoms with Gasteiger partial charge in [0.15, 0.2) is 0 Å². The normalized spacial score (nSPS) is 9.95. The first-order valence-electron chi connectivity index (χ1n) is 5.47. The lowest BCUT2D eigenvalue weighted by Crippen LogP contribution is -2.20. The van der Waals surface area contributed by atoms with E-state index >= 15 is 0 Å². The fourth-order valence-electron chi connectivity index (χ4n) is 1.38. The predicted octanol–water partition coefficient (Wildman–Crippen LogP) is 3.44. The van der Waals surface area contributed by atoms with Crippen LogP contribution in [0.3, 0.4) is 0 Å². The van der Waals surface area contributed by atoms with Crippen LogP contribution in [-0.4, -0.2) is 23.1 Å². The van der Waals surface area contributed by atoms with Crippen molar-refractivity contribution in [2.75, 3.05) is 17.7 Å². The van der Waals surface area contributed by atoms with Crippen LogP contribution in [0.1, 0.15) is 0 Å². The van der Waals surface area contributed by atoms with Gasteiger partial charge in [-0.1, -0.05) is 23.2 Å². The number of halogens is 2. The molecule has 0 spiro atoms. The quantitative estimate of drug-likeness (QED) is 0.910. The number of amides is 2. The topological polar surface area (TPSA) is 76.1 Å². The number of rotatable bonds is 3. The minimum Gasteiger partial charge on any atom is -0.481 e. The van der Waals surface area contributed by atoms with Gasteiger partial charge in [0.2, 0.25) is 5.88 Å². The molecule has 0 bridgehead atoms. The lowest BCUT2D eigenvalue weighted by molar-refractivity contribution is 0.262. The second-order valence-corrected chi connectivity index (χ2v) is 4.46. The van der Waals surface area contributed by atoms with Crippen LogP contribution in [0.4, 0.5) is 16.2 Å². The highest BCUT2D eigenvalue weighted by Gasteiger charge is 2.10. The van der Waals surface area contributed by atoms with E-state index in [1.807, 2.05) is 0 Å². The van der Waals surface area contributed by atoms with Crippen molar-refractivity contribution in [1.82, 2.24) is 9.97 Å². The van der Waals surface area contributed by atoms with Gasteiger partial charge >= 0.3 is 6.03 Å². The van der Waals surface area contributed by atoms with Gasteiger partial charge in [0, 0.05) is 18.5 Å². The third kappa shape index (κ3) is 3.49. The van der Waals surface area contributed by atoms with Crippen molar-refractivity contribution in [2.24, 2.45) is 0 Å². The number of hydrogen-bond acceptors (Lipinski definition) is 4. The molecule has 0 unspecified atom stereocenters. The van der Waals surface area contributed by atoms with Gasteiger partial charge in [-0.3, -0.25) is 4.98 Å². The average Bonchev–Trinajstić information content (AvgIpc) is 2.44. The number of pyridine rings is 2. The molecule has 2 rings (SSSR count). The molecule has 0 radical (unpaired) electrons. The first-order valence-corrected chi connectivity index (χ1v) is 6.23. The van der Waals surface area contributed by atoms with E-state index in [1.54, 1.807) is 12.1 Å². The highest BCUT2D eigenvalue weighted by atomic mass is 35.5. The van der Waals surface area contributed by atoms with Crippen molar-refractivity contribution >= 4 is 40.6 Å². The van der Waals surface area contributed by atoms with Gasteiger partial charge in [0.25, 0.3) is 0 Å². The average molecular weight is 313 g/mol. The van der Waals surface area contributed by atoms with E-state index in [2.05, 4.69) is 20.6 Å². The number of anilines is 2. The van der Waals surface area contributed by atoms with Crippen molar-refractivity contribution < 1.29 is 9.53 Å². The summed E-state index contributed by atoms with van der Waals surface area (Å²) in [6.07, 6.45) is 4.24. The maximum absolute atomic E-state index is 11.8. The molecule has 0 aromatic carbocycles. The monoisotopic (exact) mass is 312 g/mol. The van der Waals surface area contributed by atoms with E-state index in [-0.39, 0.29) is 10.0 Å². The zero-order valence-electron chi connectivity index (χ0n) is 10.4. The predicted molar refractivity (Wildman–Crippen MR) is 77.7 cm³/mol. The number of nitrogens with one attached hydrogen (secondary N) is 2. The van der Waals surface area contributed by atoms with Gasteiger partial charge < -0.3 is 15.4 Å². The Kier molecular flexibility index (Phi) is 4.60. The standard InChI is InChI=1S/C12H10Cl2N4O2/c1-20-10-3-2-7(4-16-10)17-12(19)18-11-8(13)5-15-6-9(11)14/h2-6H,1H3,(H2,15,17,18,19). The molecule has 0 saturated heterocycles. The summed E-state index contributed by atoms with van der Waals surface area (Å²) in [7, 11) is 1.51. The minimum absolute atomic E-state index is 0.250. The number of methoxy groups -OCH3 is 1. The molecule has 2 amide bonds. The SMILES string of the molecule is COc1ccc(NC(=O)Nc2c(Cl)cncc2Cl)cn1. The molecule has 2 aromatic rings. The zero-order valence-corrected chi connectivity index (χ0v) is 11.9.